The van der Waals surface area contributed by atoms with Gasteiger partial charge < -0.3 is 19.7 Å². The zero-order valence-corrected chi connectivity index (χ0v) is 16.3. The van der Waals surface area contributed by atoms with Gasteiger partial charge in [0.2, 0.25) is 11.8 Å². The van der Waals surface area contributed by atoms with Gasteiger partial charge in [-0.05, 0) is 36.3 Å². The van der Waals surface area contributed by atoms with Crippen LogP contribution in [0.1, 0.15) is 37.4 Å². The van der Waals surface area contributed by atoms with E-state index in [0.29, 0.717) is 23.8 Å². The molecule has 6 heteroatoms. The van der Waals surface area contributed by atoms with Crippen molar-refractivity contribution in [2.75, 3.05) is 19.0 Å². The Balaban J connectivity index is 1.78. The molecule has 1 N–H and O–H groups in total. The summed E-state index contributed by atoms with van der Waals surface area (Å²) in [7, 11) is 1.56. The van der Waals surface area contributed by atoms with E-state index in [1.54, 1.807) is 36.4 Å². The van der Waals surface area contributed by atoms with Gasteiger partial charge in [0.15, 0.2) is 11.5 Å². The molecule has 6 nitrogen and oxygen atoms in total. The Bertz CT molecular complexity index is 907. The average Bonchev–Trinajstić information content (AvgIpc) is 2.69. The van der Waals surface area contributed by atoms with Gasteiger partial charge in [0.25, 0.3) is 0 Å². The molecule has 2 aromatic carbocycles. The summed E-state index contributed by atoms with van der Waals surface area (Å²) >= 11 is 0. The van der Waals surface area contributed by atoms with Gasteiger partial charge in [0.1, 0.15) is 0 Å². The maximum Gasteiger partial charge on any atom is 0.226 e. The summed E-state index contributed by atoms with van der Waals surface area (Å²) in [6.07, 6.45) is 3.78. The van der Waals surface area contributed by atoms with E-state index in [0.717, 1.165) is 11.1 Å². The van der Waals surface area contributed by atoms with Crippen molar-refractivity contribution < 1.29 is 19.1 Å². The Labute approximate surface area is 164 Å². The van der Waals surface area contributed by atoms with Crippen LogP contribution in [-0.4, -0.2) is 30.4 Å². The van der Waals surface area contributed by atoms with E-state index in [1.807, 2.05) is 37.3 Å². The highest BCUT2D eigenvalue weighted by Gasteiger charge is 2.28. The second-order valence-electron chi connectivity index (χ2n) is 6.44. The fourth-order valence-electron chi connectivity index (χ4n) is 3.32. The Morgan fingerprint density at radius 2 is 1.93 bits per heavy atom. The molecule has 0 saturated carbocycles. The van der Waals surface area contributed by atoms with Gasteiger partial charge in [-0.1, -0.05) is 24.3 Å². The summed E-state index contributed by atoms with van der Waals surface area (Å²) in [5.74, 6) is 0.881. The number of hydrogen-bond donors (Lipinski definition) is 1. The minimum Gasteiger partial charge on any atom is -0.493 e. The predicted molar refractivity (Wildman–Crippen MR) is 108 cm³/mol. The molecule has 0 fully saturated rings. The normalized spacial score (nSPS) is 15.0. The van der Waals surface area contributed by atoms with E-state index in [2.05, 4.69) is 5.32 Å². The molecule has 0 bridgehead atoms. The number of rotatable bonds is 6. The maximum absolute atomic E-state index is 12.7. The van der Waals surface area contributed by atoms with Crippen molar-refractivity contribution in [1.82, 2.24) is 4.90 Å². The molecule has 2 amide bonds. The quantitative estimate of drug-likeness (QED) is 0.823. The number of nitrogens with one attached hydrogen (secondary N) is 1. The Hall–Kier alpha value is -3.28. The number of benzene rings is 2. The van der Waals surface area contributed by atoms with Crippen molar-refractivity contribution in [3.63, 3.8) is 0 Å². The highest BCUT2D eigenvalue weighted by atomic mass is 16.5. The highest BCUT2D eigenvalue weighted by molar-refractivity contribution is 5.92. The molecule has 1 aliphatic heterocycles. The third-order valence-corrected chi connectivity index (χ3v) is 4.60. The van der Waals surface area contributed by atoms with Gasteiger partial charge in [-0.15, -0.1) is 0 Å². The number of carbonyl (C=O) groups excluding carboxylic acids is 2. The topological polar surface area (TPSA) is 67.9 Å². The number of methoxy groups -OCH3 is 1. The third kappa shape index (κ3) is 4.17. The Morgan fingerprint density at radius 3 is 2.64 bits per heavy atom. The van der Waals surface area contributed by atoms with E-state index < -0.39 is 0 Å². The molecule has 0 unspecified atom stereocenters. The summed E-state index contributed by atoms with van der Waals surface area (Å²) in [5.41, 5.74) is 2.58. The molecular weight excluding hydrogens is 356 g/mol. The molecule has 0 aliphatic carbocycles. The fraction of sp³-hybridized carbons (Fsp3) is 0.273. The second-order valence-corrected chi connectivity index (χ2v) is 6.44. The summed E-state index contributed by atoms with van der Waals surface area (Å²) in [5, 5.41) is 2.89. The Morgan fingerprint density at radius 1 is 1.14 bits per heavy atom. The van der Waals surface area contributed by atoms with Gasteiger partial charge in [0, 0.05) is 24.9 Å². The lowest BCUT2D eigenvalue weighted by molar-refractivity contribution is -0.129. The van der Waals surface area contributed by atoms with Crippen molar-refractivity contribution in [2.24, 2.45) is 0 Å². The highest BCUT2D eigenvalue weighted by Crippen LogP contribution is 2.34. The average molecular weight is 380 g/mol. The van der Waals surface area contributed by atoms with E-state index in [-0.39, 0.29) is 24.3 Å². The van der Waals surface area contributed by atoms with Crippen LogP contribution in [0.25, 0.3) is 6.08 Å². The predicted octanol–water partition coefficient (Wildman–Crippen LogP) is 4.00. The largest absolute Gasteiger partial charge is 0.493 e. The molecule has 28 heavy (non-hydrogen) atoms. The second kappa shape index (κ2) is 8.61. The van der Waals surface area contributed by atoms with Crippen molar-refractivity contribution in [1.29, 1.82) is 0 Å². The lowest BCUT2D eigenvalue weighted by atomic mass is 9.93. The molecule has 3 rings (SSSR count). The number of anilines is 1. The fourth-order valence-corrected chi connectivity index (χ4v) is 3.32. The number of ether oxygens (including phenoxy) is 2. The maximum atomic E-state index is 12.7. The van der Waals surface area contributed by atoms with Crippen LogP contribution in [0.2, 0.25) is 0 Å². The lowest BCUT2D eigenvalue weighted by Gasteiger charge is -2.32. The summed E-state index contributed by atoms with van der Waals surface area (Å²) < 4.78 is 10.8. The molecule has 1 heterocycles. The number of hydrogen-bond acceptors (Lipinski definition) is 4. The summed E-state index contributed by atoms with van der Waals surface area (Å²) in [6, 6.07) is 12.7. The van der Waals surface area contributed by atoms with Gasteiger partial charge in [0.05, 0.1) is 26.2 Å². The number of carbonyl (C=O) groups is 2. The first kappa shape index (κ1) is 19.5. The van der Waals surface area contributed by atoms with Crippen molar-refractivity contribution >= 4 is 23.6 Å². The standard InChI is InChI=1S/C22H24N2O4/c1-4-28-20-10-9-17(13-21(20)27-3)23-22(26)14-19-18-8-6-5-7-16(18)11-12-24(19)15(2)25/h5-13,19H,4,14H2,1-3H3,(H,23,26)/t19-/m1/s1. The van der Waals surface area contributed by atoms with E-state index >= 15 is 0 Å². The van der Waals surface area contributed by atoms with E-state index in [4.69, 9.17) is 9.47 Å². The zero-order valence-electron chi connectivity index (χ0n) is 16.3. The Kier molecular flexibility index (Phi) is 5.99. The van der Waals surface area contributed by atoms with Crippen molar-refractivity contribution in [2.45, 2.75) is 26.3 Å². The molecule has 0 saturated heterocycles. The van der Waals surface area contributed by atoms with Crippen LogP contribution in [0.15, 0.2) is 48.7 Å². The molecule has 146 valence electrons. The first-order valence-electron chi connectivity index (χ1n) is 9.20. The van der Waals surface area contributed by atoms with Crippen LogP contribution in [0.5, 0.6) is 11.5 Å². The lowest BCUT2D eigenvalue weighted by Crippen LogP contribution is -2.33. The first-order chi connectivity index (χ1) is 13.5. The van der Waals surface area contributed by atoms with Crippen LogP contribution >= 0.6 is 0 Å². The summed E-state index contributed by atoms with van der Waals surface area (Å²) in [4.78, 5) is 26.4. The van der Waals surface area contributed by atoms with Crippen LogP contribution in [0.3, 0.4) is 0 Å². The minimum absolute atomic E-state index is 0.105. The van der Waals surface area contributed by atoms with E-state index in [1.165, 1.54) is 6.92 Å². The zero-order chi connectivity index (χ0) is 20.1. The molecule has 1 aliphatic rings. The minimum atomic E-state index is -0.344. The SMILES string of the molecule is CCOc1ccc(NC(=O)C[C@@H]2c3ccccc3C=CN2C(C)=O)cc1OC. The van der Waals surface area contributed by atoms with Crippen LogP contribution in [0.4, 0.5) is 5.69 Å². The molecule has 2 aromatic rings. The third-order valence-electron chi connectivity index (χ3n) is 4.60. The van der Waals surface area contributed by atoms with Crippen LogP contribution in [-0.2, 0) is 9.59 Å². The molecule has 0 aromatic heterocycles. The molecule has 0 radical (unpaired) electrons. The van der Waals surface area contributed by atoms with Gasteiger partial charge >= 0.3 is 0 Å². The van der Waals surface area contributed by atoms with Crippen LogP contribution in [0, 0.1) is 0 Å². The van der Waals surface area contributed by atoms with Gasteiger partial charge in [-0.25, -0.2) is 0 Å². The van der Waals surface area contributed by atoms with Crippen molar-refractivity contribution in [3.8, 4) is 11.5 Å². The van der Waals surface area contributed by atoms with E-state index in [9.17, 15) is 9.59 Å². The number of nitrogens with zero attached hydrogens (tertiary/aromatic N) is 1. The van der Waals surface area contributed by atoms with Crippen molar-refractivity contribution in [3.05, 3.63) is 59.8 Å². The monoisotopic (exact) mass is 380 g/mol. The number of amides is 2. The van der Waals surface area contributed by atoms with Crippen LogP contribution < -0.4 is 14.8 Å². The van der Waals surface area contributed by atoms with Gasteiger partial charge in [-0.2, -0.15) is 0 Å². The molecular formula is C22H24N2O4. The number of fused-ring (bicyclic) bond motifs is 1. The molecule has 1 atom stereocenters. The smallest absolute Gasteiger partial charge is 0.226 e. The molecule has 0 spiro atoms. The first-order valence-corrected chi connectivity index (χ1v) is 9.20. The van der Waals surface area contributed by atoms with Gasteiger partial charge in [-0.3, -0.25) is 9.59 Å². The summed E-state index contributed by atoms with van der Waals surface area (Å²) in [6.45, 7) is 3.92.